The molecule has 0 saturated heterocycles. The predicted octanol–water partition coefficient (Wildman–Crippen LogP) is 2.63. The molecule has 1 rings (SSSR count). The molecule has 0 aliphatic carbocycles. The van der Waals surface area contributed by atoms with Crippen molar-refractivity contribution in [3.63, 3.8) is 0 Å². The highest BCUT2D eigenvalue weighted by Crippen LogP contribution is 2.24. The van der Waals surface area contributed by atoms with Crippen LogP contribution in [0, 0.1) is 5.41 Å². The number of rotatable bonds is 6. The van der Waals surface area contributed by atoms with Crippen LogP contribution in [0.25, 0.3) is 0 Å². The van der Waals surface area contributed by atoms with Crippen LogP contribution < -0.4 is 5.32 Å². The summed E-state index contributed by atoms with van der Waals surface area (Å²) in [6.45, 7) is 9.64. The van der Waals surface area contributed by atoms with Crippen molar-refractivity contribution in [3.8, 4) is 0 Å². The fraction of sp³-hybridized carbons (Fsp3) is 0.786. The third-order valence-electron chi connectivity index (χ3n) is 3.48. The van der Waals surface area contributed by atoms with Crippen LogP contribution in [0.2, 0.25) is 0 Å². The van der Waals surface area contributed by atoms with Gasteiger partial charge in [0.2, 0.25) is 0 Å². The molecule has 0 bridgehead atoms. The molecule has 0 radical (unpaired) electrons. The van der Waals surface area contributed by atoms with Crippen LogP contribution in [0.5, 0.6) is 0 Å². The molecule has 0 saturated carbocycles. The van der Waals surface area contributed by atoms with Crippen molar-refractivity contribution in [2.45, 2.75) is 53.1 Å². The van der Waals surface area contributed by atoms with Crippen molar-refractivity contribution in [1.29, 1.82) is 0 Å². The molecule has 1 heterocycles. The lowest BCUT2D eigenvalue weighted by molar-refractivity contribution is 0.195. The molecule has 0 aromatic carbocycles. The monoisotopic (exact) mass is 331 g/mol. The van der Waals surface area contributed by atoms with Crippen LogP contribution in [0.1, 0.15) is 45.5 Å². The molecule has 0 spiro atoms. The number of hydrogen-bond donors (Lipinski definition) is 2. The summed E-state index contributed by atoms with van der Waals surface area (Å²) < 4.78 is 3.02. The van der Waals surface area contributed by atoms with Gasteiger partial charge in [-0.3, -0.25) is 4.68 Å². The molecule has 1 atom stereocenters. The fourth-order valence-electron chi connectivity index (χ4n) is 2.20. The van der Waals surface area contributed by atoms with Crippen molar-refractivity contribution in [2.24, 2.45) is 12.5 Å². The van der Waals surface area contributed by atoms with Crippen LogP contribution in [0.15, 0.2) is 4.47 Å². The second kappa shape index (κ2) is 6.86. The molecule has 1 aromatic rings. The summed E-state index contributed by atoms with van der Waals surface area (Å²) in [6.07, 6.45) is 1.69. The summed E-state index contributed by atoms with van der Waals surface area (Å²) in [6, 6.07) is 0.282. The van der Waals surface area contributed by atoms with Gasteiger partial charge in [-0.05, 0) is 34.2 Å². The van der Waals surface area contributed by atoms with Crippen molar-refractivity contribution in [1.82, 2.24) is 15.1 Å². The van der Waals surface area contributed by atoms with Crippen LogP contribution in [-0.4, -0.2) is 27.5 Å². The topological polar surface area (TPSA) is 50.1 Å². The first-order chi connectivity index (χ1) is 8.81. The lowest BCUT2D eigenvalue weighted by atomic mass is 9.85. The number of aryl methyl sites for hydroxylation is 2. The standard InChI is InChI=1S/C14H26BrN3O/c1-6-10-13(15)11(18(5)17-10)9-16-12(7-8-19)14(2,3)4/h12,16,19H,6-9H2,1-5H3. The second-order valence-electron chi connectivity index (χ2n) is 6.00. The zero-order valence-corrected chi connectivity index (χ0v) is 14.2. The fourth-order valence-corrected chi connectivity index (χ4v) is 2.96. The highest BCUT2D eigenvalue weighted by Gasteiger charge is 2.24. The lowest BCUT2D eigenvalue weighted by Gasteiger charge is -2.31. The first-order valence-electron chi connectivity index (χ1n) is 6.85. The van der Waals surface area contributed by atoms with E-state index in [4.69, 9.17) is 0 Å². The van der Waals surface area contributed by atoms with Crippen molar-refractivity contribution in [3.05, 3.63) is 15.9 Å². The number of aromatic nitrogens is 2. The highest BCUT2D eigenvalue weighted by atomic mass is 79.9. The molecule has 0 amide bonds. The molecule has 1 unspecified atom stereocenters. The van der Waals surface area contributed by atoms with Gasteiger partial charge in [-0.15, -0.1) is 0 Å². The Hall–Kier alpha value is -0.390. The number of hydrogen-bond acceptors (Lipinski definition) is 3. The molecule has 0 aliphatic rings. The Morgan fingerprint density at radius 3 is 2.47 bits per heavy atom. The average Bonchev–Trinajstić information content (AvgIpc) is 2.59. The van der Waals surface area contributed by atoms with E-state index in [9.17, 15) is 5.11 Å². The maximum absolute atomic E-state index is 9.18. The van der Waals surface area contributed by atoms with E-state index in [1.54, 1.807) is 0 Å². The van der Waals surface area contributed by atoms with E-state index in [-0.39, 0.29) is 18.1 Å². The predicted molar refractivity (Wildman–Crippen MR) is 82.1 cm³/mol. The third kappa shape index (κ3) is 4.29. The zero-order chi connectivity index (χ0) is 14.6. The van der Waals surface area contributed by atoms with Gasteiger partial charge in [0.1, 0.15) is 0 Å². The van der Waals surface area contributed by atoms with Crippen LogP contribution in [-0.2, 0) is 20.0 Å². The number of aliphatic hydroxyl groups excluding tert-OH is 1. The average molecular weight is 332 g/mol. The third-order valence-corrected chi connectivity index (χ3v) is 4.40. The Labute approximate surface area is 124 Å². The molecule has 0 fully saturated rings. The van der Waals surface area contributed by atoms with E-state index < -0.39 is 0 Å². The van der Waals surface area contributed by atoms with E-state index in [2.05, 4.69) is 54.0 Å². The molecule has 4 nitrogen and oxygen atoms in total. The van der Waals surface area contributed by atoms with Gasteiger partial charge in [0.05, 0.1) is 15.9 Å². The van der Waals surface area contributed by atoms with Gasteiger partial charge in [0, 0.05) is 26.2 Å². The Balaban J connectivity index is 2.77. The maximum Gasteiger partial charge on any atom is 0.0767 e. The van der Waals surface area contributed by atoms with Gasteiger partial charge in [0.25, 0.3) is 0 Å². The molecule has 1 aromatic heterocycles. The quantitative estimate of drug-likeness (QED) is 0.842. The zero-order valence-electron chi connectivity index (χ0n) is 12.6. The molecule has 5 heteroatoms. The largest absolute Gasteiger partial charge is 0.396 e. The summed E-state index contributed by atoms with van der Waals surface area (Å²) in [5.74, 6) is 0. The van der Waals surface area contributed by atoms with Gasteiger partial charge >= 0.3 is 0 Å². The number of nitrogens with one attached hydrogen (secondary N) is 1. The first kappa shape index (κ1) is 16.7. The Bertz CT molecular complexity index is 410. The van der Waals surface area contributed by atoms with E-state index in [0.29, 0.717) is 0 Å². The first-order valence-corrected chi connectivity index (χ1v) is 7.65. The van der Waals surface area contributed by atoms with Crippen LogP contribution in [0.3, 0.4) is 0 Å². The van der Waals surface area contributed by atoms with Crippen LogP contribution >= 0.6 is 15.9 Å². The van der Waals surface area contributed by atoms with E-state index >= 15 is 0 Å². The molecule has 0 aliphatic heterocycles. The van der Waals surface area contributed by atoms with Gasteiger partial charge in [-0.25, -0.2) is 0 Å². The second-order valence-corrected chi connectivity index (χ2v) is 6.79. The summed E-state index contributed by atoms with van der Waals surface area (Å²) in [5, 5.41) is 17.2. The van der Waals surface area contributed by atoms with E-state index in [0.717, 1.165) is 35.2 Å². The summed E-state index contributed by atoms with van der Waals surface area (Å²) in [5.41, 5.74) is 2.37. The minimum atomic E-state index is 0.126. The summed E-state index contributed by atoms with van der Waals surface area (Å²) >= 11 is 3.63. The normalized spacial score (nSPS) is 13.8. The van der Waals surface area contributed by atoms with Crippen molar-refractivity contribution in [2.75, 3.05) is 6.61 Å². The molecular weight excluding hydrogens is 306 g/mol. The van der Waals surface area contributed by atoms with Gasteiger partial charge in [-0.1, -0.05) is 27.7 Å². The number of nitrogens with zero attached hydrogens (tertiary/aromatic N) is 2. The Morgan fingerprint density at radius 2 is 2.05 bits per heavy atom. The highest BCUT2D eigenvalue weighted by molar-refractivity contribution is 9.10. The molecule has 2 N–H and O–H groups in total. The lowest BCUT2D eigenvalue weighted by Crippen LogP contribution is -2.41. The Morgan fingerprint density at radius 1 is 1.42 bits per heavy atom. The minimum Gasteiger partial charge on any atom is -0.396 e. The molecular formula is C14H26BrN3O. The van der Waals surface area contributed by atoms with E-state index in [1.807, 2.05) is 11.7 Å². The number of halogens is 1. The van der Waals surface area contributed by atoms with Crippen LogP contribution in [0.4, 0.5) is 0 Å². The molecule has 110 valence electrons. The van der Waals surface area contributed by atoms with Crippen molar-refractivity contribution < 1.29 is 5.11 Å². The smallest absolute Gasteiger partial charge is 0.0767 e. The summed E-state index contributed by atoms with van der Waals surface area (Å²) in [4.78, 5) is 0. The van der Waals surface area contributed by atoms with Gasteiger partial charge in [-0.2, -0.15) is 5.10 Å². The van der Waals surface area contributed by atoms with E-state index in [1.165, 1.54) is 0 Å². The Kier molecular flexibility index (Phi) is 6.02. The minimum absolute atomic E-state index is 0.126. The SMILES string of the molecule is CCc1nn(C)c(CNC(CCO)C(C)(C)C)c1Br. The van der Waals surface area contributed by atoms with Gasteiger partial charge in [0.15, 0.2) is 0 Å². The maximum atomic E-state index is 9.18. The number of aliphatic hydroxyl groups is 1. The molecule has 19 heavy (non-hydrogen) atoms. The van der Waals surface area contributed by atoms with Gasteiger partial charge < -0.3 is 10.4 Å². The summed E-state index contributed by atoms with van der Waals surface area (Å²) in [7, 11) is 1.97. The van der Waals surface area contributed by atoms with Crippen molar-refractivity contribution >= 4 is 15.9 Å².